The molecule has 0 atom stereocenters. The van der Waals surface area contributed by atoms with Crippen molar-refractivity contribution in [2.75, 3.05) is 20.8 Å². The van der Waals surface area contributed by atoms with Gasteiger partial charge in [0.2, 0.25) is 0 Å². The maximum atomic E-state index is 9.79. The Kier molecular flexibility index (Phi) is 8.65. The van der Waals surface area contributed by atoms with Crippen LogP contribution in [-0.2, 0) is 6.61 Å². The standard InChI is InChI=1S/C26H23BrClNO4/c1-4-32-25-13-17(11-20(15-29)18-9-10-23(30-2)24(14-18)31-3)12-21(27)26(25)33-16-19-7-5-6-8-22(19)28/h5-14H,4,16H2,1-3H3/b20-11+. The van der Waals surface area contributed by atoms with Gasteiger partial charge in [-0.1, -0.05) is 29.8 Å². The van der Waals surface area contributed by atoms with Crippen LogP contribution in [0.15, 0.2) is 59.1 Å². The summed E-state index contributed by atoms with van der Waals surface area (Å²) in [5.41, 5.74) is 2.83. The average molecular weight is 529 g/mol. The van der Waals surface area contributed by atoms with E-state index in [1.165, 1.54) is 0 Å². The summed E-state index contributed by atoms with van der Waals surface area (Å²) < 4.78 is 23.2. The van der Waals surface area contributed by atoms with Gasteiger partial charge in [0.1, 0.15) is 6.61 Å². The molecular weight excluding hydrogens is 506 g/mol. The summed E-state index contributed by atoms with van der Waals surface area (Å²) in [4.78, 5) is 0. The predicted molar refractivity (Wildman–Crippen MR) is 134 cm³/mol. The minimum Gasteiger partial charge on any atom is -0.493 e. The fourth-order valence-electron chi connectivity index (χ4n) is 3.19. The highest BCUT2D eigenvalue weighted by Gasteiger charge is 2.14. The molecule has 3 aromatic carbocycles. The summed E-state index contributed by atoms with van der Waals surface area (Å²) in [5.74, 6) is 2.28. The lowest BCUT2D eigenvalue weighted by molar-refractivity contribution is 0.267. The number of hydrogen-bond donors (Lipinski definition) is 0. The molecule has 33 heavy (non-hydrogen) atoms. The van der Waals surface area contributed by atoms with Gasteiger partial charge in [-0.2, -0.15) is 5.26 Å². The summed E-state index contributed by atoms with van der Waals surface area (Å²) in [6.07, 6.45) is 1.78. The molecule has 0 aliphatic heterocycles. The van der Waals surface area contributed by atoms with Gasteiger partial charge in [-0.3, -0.25) is 0 Å². The minimum absolute atomic E-state index is 0.294. The first-order valence-corrected chi connectivity index (χ1v) is 11.3. The second-order valence-corrected chi connectivity index (χ2v) is 8.14. The van der Waals surface area contributed by atoms with Crippen LogP contribution in [0.2, 0.25) is 5.02 Å². The molecule has 0 bridgehead atoms. The van der Waals surface area contributed by atoms with E-state index in [-0.39, 0.29) is 0 Å². The van der Waals surface area contributed by atoms with Gasteiger partial charge in [-0.25, -0.2) is 0 Å². The van der Waals surface area contributed by atoms with Crippen molar-refractivity contribution in [3.05, 3.63) is 80.8 Å². The number of allylic oxidation sites excluding steroid dienone is 1. The van der Waals surface area contributed by atoms with E-state index in [4.69, 9.17) is 30.5 Å². The minimum atomic E-state index is 0.294. The molecule has 0 saturated carbocycles. The Balaban J connectivity index is 1.95. The summed E-state index contributed by atoms with van der Waals surface area (Å²) in [6, 6.07) is 18.9. The molecule has 0 aliphatic carbocycles. The van der Waals surface area contributed by atoms with Gasteiger partial charge in [-0.15, -0.1) is 0 Å². The number of hydrogen-bond acceptors (Lipinski definition) is 5. The van der Waals surface area contributed by atoms with E-state index < -0.39 is 0 Å². The molecule has 0 N–H and O–H groups in total. The predicted octanol–water partition coefficient (Wildman–Crippen LogP) is 7.16. The van der Waals surface area contributed by atoms with E-state index >= 15 is 0 Å². The fraction of sp³-hybridized carbons (Fsp3) is 0.192. The van der Waals surface area contributed by atoms with E-state index in [0.29, 0.717) is 56.8 Å². The van der Waals surface area contributed by atoms with Crippen LogP contribution >= 0.6 is 27.5 Å². The van der Waals surface area contributed by atoms with Crippen LogP contribution in [0.25, 0.3) is 11.6 Å². The van der Waals surface area contributed by atoms with Crippen LogP contribution < -0.4 is 18.9 Å². The molecule has 0 saturated heterocycles. The van der Waals surface area contributed by atoms with Crippen LogP contribution in [0.1, 0.15) is 23.6 Å². The van der Waals surface area contributed by atoms with Crippen molar-refractivity contribution in [3.8, 4) is 29.1 Å². The van der Waals surface area contributed by atoms with Crippen molar-refractivity contribution in [3.63, 3.8) is 0 Å². The van der Waals surface area contributed by atoms with E-state index in [1.54, 1.807) is 32.4 Å². The van der Waals surface area contributed by atoms with Crippen LogP contribution in [-0.4, -0.2) is 20.8 Å². The van der Waals surface area contributed by atoms with Crippen molar-refractivity contribution >= 4 is 39.2 Å². The fourth-order valence-corrected chi connectivity index (χ4v) is 3.95. The van der Waals surface area contributed by atoms with Crippen molar-refractivity contribution in [2.24, 2.45) is 0 Å². The second kappa shape index (κ2) is 11.6. The van der Waals surface area contributed by atoms with Gasteiger partial charge in [0, 0.05) is 10.6 Å². The third-order valence-corrected chi connectivity index (χ3v) is 5.75. The molecule has 0 radical (unpaired) electrons. The number of ether oxygens (including phenoxy) is 4. The Labute approximate surface area is 207 Å². The molecule has 0 aliphatic rings. The van der Waals surface area contributed by atoms with Gasteiger partial charge < -0.3 is 18.9 Å². The molecule has 0 amide bonds. The monoisotopic (exact) mass is 527 g/mol. The quantitative estimate of drug-likeness (QED) is 0.218. The van der Waals surface area contributed by atoms with Crippen molar-refractivity contribution in [1.29, 1.82) is 5.26 Å². The van der Waals surface area contributed by atoms with Crippen LogP contribution in [0, 0.1) is 11.3 Å². The molecule has 3 rings (SSSR count). The SMILES string of the molecule is CCOc1cc(/C=C(\C#N)c2ccc(OC)c(OC)c2)cc(Br)c1OCc1ccccc1Cl. The van der Waals surface area contributed by atoms with Gasteiger partial charge >= 0.3 is 0 Å². The van der Waals surface area contributed by atoms with Gasteiger partial charge in [0.15, 0.2) is 23.0 Å². The molecule has 0 fully saturated rings. The molecule has 170 valence electrons. The van der Waals surface area contributed by atoms with Gasteiger partial charge in [0.25, 0.3) is 0 Å². The molecular formula is C26H23BrClNO4. The number of benzene rings is 3. The lowest BCUT2D eigenvalue weighted by atomic mass is 10.0. The molecule has 3 aromatic rings. The lowest BCUT2D eigenvalue weighted by Crippen LogP contribution is -2.01. The Morgan fingerprint density at radius 2 is 1.76 bits per heavy atom. The molecule has 7 heteroatoms. The Bertz CT molecular complexity index is 1200. The average Bonchev–Trinajstić information content (AvgIpc) is 2.82. The van der Waals surface area contributed by atoms with Gasteiger partial charge in [-0.05, 0) is 76.5 Å². The number of halogens is 2. The highest BCUT2D eigenvalue weighted by atomic mass is 79.9. The summed E-state index contributed by atoms with van der Waals surface area (Å²) >= 11 is 9.83. The van der Waals surface area contributed by atoms with Gasteiger partial charge in [0.05, 0.1) is 36.9 Å². The van der Waals surface area contributed by atoms with Crippen molar-refractivity contribution in [1.82, 2.24) is 0 Å². The summed E-state index contributed by atoms with van der Waals surface area (Å²) in [6.45, 7) is 2.66. The van der Waals surface area contributed by atoms with Crippen LogP contribution in [0.5, 0.6) is 23.0 Å². The van der Waals surface area contributed by atoms with Crippen LogP contribution in [0.3, 0.4) is 0 Å². The number of nitriles is 1. The van der Waals surface area contributed by atoms with E-state index in [1.807, 2.05) is 49.4 Å². The summed E-state index contributed by atoms with van der Waals surface area (Å²) in [5, 5.41) is 10.4. The number of methoxy groups -OCH3 is 2. The molecule has 5 nitrogen and oxygen atoms in total. The molecule has 0 unspecified atom stereocenters. The van der Waals surface area contributed by atoms with E-state index in [9.17, 15) is 5.26 Å². The first-order chi connectivity index (χ1) is 16.0. The van der Waals surface area contributed by atoms with E-state index in [0.717, 1.165) is 11.1 Å². The summed E-state index contributed by atoms with van der Waals surface area (Å²) in [7, 11) is 3.13. The van der Waals surface area contributed by atoms with Crippen LogP contribution in [0.4, 0.5) is 0 Å². The molecule has 0 aromatic heterocycles. The zero-order valence-corrected chi connectivity index (χ0v) is 20.9. The first kappa shape index (κ1) is 24.5. The zero-order valence-electron chi connectivity index (χ0n) is 18.5. The zero-order chi connectivity index (χ0) is 23.8. The maximum absolute atomic E-state index is 9.79. The van der Waals surface area contributed by atoms with Crippen molar-refractivity contribution < 1.29 is 18.9 Å². The largest absolute Gasteiger partial charge is 0.493 e. The lowest BCUT2D eigenvalue weighted by Gasteiger charge is -2.15. The number of nitrogens with zero attached hydrogens (tertiary/aromatic N) is 1. The first-order valence-electron chi connectivity index (χ1n) is 10.2. The topological polar surface area (TPSA) is 60.7 Å². The smallest absolute Gasteiger partial charge is 0.175 e. The molecule has 0 spiro atoms. The third-order valence-electron chi connectivity index (χ3n) is 4.79. The Morgan fingerprint density at radius 1 is 1.00 bits per heavy atom. The molecule has 0 heterocycles. The number of rotatable bonds is 9. The Hall–Kier alpha value is -3.14. The third kappa shape index (κ3) is 6.01. The highest BCUT2D eigenvalue weighted by Crippen LogP contribution is 2.39. The second-order valence-electron chi connectivity index (χ2n) is 6.88. The highest BCUT2D eigenvalue weighted by molar-refractivity contribution is 9.10. The maximum Gasteiger partial charge on any atom is 0.175 e. The van der Waals surface area contributed by atoms with E-state index in [2.05, 4.69) is 22.0 Å². The normalized spacial score (nSPS) is 11.0. The Morgan fingerprint density at radius 3 is 2.42 bits per heavy atom. The van der Waals surface area contributed by atoms with Crippen molar-refractivity contribution in [2.45, 2.75) is 13.5 Å².